The first-order valence-corrected chi connectivity index (χ1v) is 7.63. The summed E-state index contributed by atoms with van der Waals surface area (Å²) in [7, 11) is 0. The minimum absolute atomic E-state index is 0.167. The normalized spacial score (nSPS) is 20.6. The third-order valence-corrected chi connectivity index (χ3v) is 4.12. The van der Waals surface area contributed by atoms with Gasteiger partial charge in [0.05, 0.1) is 0 Å². The third kappa shape index (κ3) is 4.81. The van der Waals surface area contributed by atoms with Crippen molar-refractivity contribution in [2.24, 2.45) is 5.41 Å². The second-order valence-corrected chi connectivity index (χ2v) is 7.30. The van der Waals surface area contributed by atoms with Crippen LogP contribution in [0, 0.1) is 5.41 Å². The molecule has 0 aliphatic carbocycles. The monoisotopic (exact) mass is 319 g/mol. The van der Waals surface area contributed by atoms with Crippen LogP contribution in [0.4, 0.5) is 4.79 Å². The Balaban J connectivity index is 2.76. The minimum atomic E-state index is -2.25. The number of aliphatic hydroxyl groups is 4. The van der Waals surface area contributed by atoms with Gasteiger partial charge < -0.3 is 30.1 Å². The maximum Gasteiger partial charge on any atom is 0.410 e. The molecule has 0 spiro atoms. The van der Waals surface area contributed by atoms with E-state index in [1.165, 1.54) is 0 Å². The van der Waals surface area contributed by atoms with E-state index in [4.69, 9.17) is 4.74 Å². The van der Waals surface area contributed by atoms with Crippen LogP contribution in [0.25, 0.3) is 0 Å². The van der Waals surface area contributed by atoms with Crippen molar-refractivity contribution in [1.82, 2.24) is 4.90 Å². The quantitative estimate of drug-likeness (QED) is 0.560. The van der Waals surface area contributed by atoms with Crippen molar-refractivity contribution >= 4 is 6.09 Å². The molecular formula is C15H29NO6. The van der Waals surface area contributed by atoms with Gasteiger partial charge in [-0.2, -0.15) is 0 Å². The fourth-order valence-electron chi connectivity index (χ4n) is 2.92. The predicted octanol–water partition coefficient (Wildman–Crippen LogP) is 0.448. The van der Waals surface area contributed by atoms with Crippen molar-refractivity contribution in [3.05, 3.63) is 0 Å². The summed E-state index contributed by atoms with van der Waals surface area (Å²) in [6.45, 7) is 6.99. The first kappa shape index (κ1) is 19.2. The lowest BCUT2D eigenvalue weighted by atomic mass is 9.69. The summed E-state index contributed by atoms with van der Waals surface area (Å²) in [5, 5.41) is 38.9. The Labute approximate surface area is 131 Å². The highest BCUT2D eigenvalue weighted by Crippen LogP contribution is 2.41. The van der Waals surface area contributed by atoms with Crippen LogP contribution in [-0.4, -0.2) is 68.6 Å². The van der Waals surface area contributed by atoms with Crippen molar-refractivity contribution in [2.75, 3.05) is 19.7 Å². The topological polar surface area (TPSA) is 110 Å². The number of amides is 1. The SMILES string of the molecule is CC(C)(C)OC(=O)N1CCC(CCO)(C(O)C(C)(O)O)CC1. The van der Waals surface area contributed by atoms with Gasteiger partial charge in [-0.25, -0.2) is 4.79 Å². The van der Waals surface area contributed by atoms with Crippen LogP contribution in [0.15, 0.2) is 0 Å². The van der Waals surface area contributed by atoms with Crippen molar-refractivity contribution in [3.8, 4) is 0 Å². The average Bonchev–Trinajstić information content (AvgIpc) is 2.35. The first-order chi connectivity index (χ1) is 9.91. The Morgan fingerprint density at radius 3 is 2.09 bits per heavy atom. The van der Waals surface area contributed by atoms with Gasteiger partial charge in [-0.3, -0.25) is 0 Å². The fraction of sp³-hybridized carbons (Fsp3) is 0.933. The number of piperidine rings is 1. The number of hydrogen-bond acceptors (Lipinski definition) is 6. The smallest absolute Gasteiger partial charge is 0.410 e. The second-order valence-electron chi connectivity index (χ2n) is 7.30. The Morgan fingerprint density at radius 2 is 1.73 bits per heavy atom. The van der Waals surface area contributed by atoms with Gasteiger partial charge in [-0.1, -0.05) is 0 Å². The highest BCUT2D eigenvalue weighted by Gasteiger charge is 2.48. The second kappa shape index (κ2) is 6.70. The zero-order chi connectivity index (χ0) is 17.2. The zero-order valence-corrected chi connectivity index (χ0v) is 13.9. The van der Waals surface area contributed by atoms with Gasteiger partial charge in [-0.15, -0.1) is 0 Å². The molecule has 22 heavy (non-hydrogen) atoms. The molecule has 1 aliphatic rings. The van der Waals surface area contributed by atoms with Gasteiger partial charge in [0.2, 0.25) is 0 Å². The van der Waals surface area contributed by atoms with Crippen LogP contribution in [0.2, 0.25) is 0 Å². The third-order valence-electron chi connectivity index (χ3n) is 4.12. The van der Waals surface area contributed by atoms with Crippen LogP contribution in [-0.2, 0) is 4.74 Å². The largest absolute Gasteiger partial charge is 0.444 e. The molecule has 130 valence electrons. The summed E-state index contributed by atoms with van der Waals surface area (Å²) < 4.78 is 5.31. The number of carbonyl (C=O) groups excluding carboxylic acids is 1. The lowest BCUT2D eigenvalue weighted by molar-refractivity contribution is -0.251. The molecule has 1 unspecified atom stereocenters. The molecule has 7 nitrogen and oxygen atoms in total. The van der Waals surface area contributed by atoms with E-state index < -0.39 is 29.0 Å². The molecule has 0 aromatic rings. The van der Waals surface area contributed by atoms with Crippen molar-refractivity contribution < 1.29 is 30.0 Å². The fourth-order valence-corrected chi connectivity index (χ4v) is 2.92. The molecule has 1 saturated heterocycles. The van der Waals surface area contributed by atoms with Gasteiger partial charge >= 0.3 is 6.09 Å². The van der Waals surface area contributed by atoms with E-state index in [-0.39, 0.29) is 13.0 Å². The van der Waals surface area contributed by atoms with E-state index in [0.29, 0.717) is 25.9 Å². The van der Waals surface area contributed by atoms with Crippen LogP contribution >= 0.6 is 0 Å². The lowest BCUT2D eigenvalue weighted by Crippen LogP contribution is -2.56. The maximum absolute atomic E-state index is 12.0. The average molecular weight is 319 g/mol. The maximum atomic E-state index is 12.0. The number of rotatable bonds is 4. The van der Waals surface area contributed by atoms with E-state index in [1.807, 2.05) is 0 Å². The van der Waals surface area contributed by atoms with Gasteiger partial charge in [0.15, 0.2) is 5.79 Å². The number of hydrogen-bond donors (Lipinski definition) is 4. The molecule has 1 fully saturated rings. The van der Waals surface area contributed by atoms with E-state index in [0.717, 1.165) is 6.92 Å². The Bertz CT molecular complexity index is 376. The zero-order valence-electron chi connectivity index (χ0n) is 13.9. The number of nitrogens with zero attached hydrogens (tertiary/aromatic N) is 1. The molecule has 7 heteroatoms. The predicted molar refractivity (Wildman–Crippen MR) is 80.0 cm³/mol. The molecule has 1 rings (SSSR count). The summed E-state index contributed by atoms with van der Waals surface area (Å²) in [5.41, 5.74) is -1.41. The highest BCUT2D eigenvalue weighted by molar-refractivity contribution is 5.68. The highest BCUT2D eigenvalue weighted by atomic mass is 16.6. The molecule has 0 radical (unpaired) electrons. The number of aliphatic hydroxyl groups excluding tert-OH is 2. The van der Waals surface area contributed by atoms with Crippen LogP contribution < -0.4 is 0 Å². The summed E-state index contributed by atoms with van der Waals surface area (Å²) in [5.74, 6) is -2.25. The van der Waals surface area contributed by atoms with Crippen molar-refractivity contribution in [2.45, 2.75) is 64.4 Å². The number of carbonyl (C=O) groups is 1. The molecule has 0 saturated carbocycles. The lowest BCUT2D eigenvalue weighted by Gasteiger charge is -2.47. The molecule has 1 atom stereocenters. The van der Waals surface area contributed by atoms with E-state index in [1.54, 1.807) is 25.7 Å². The van der Waals surface area contributed by atoms with Crippen LogP contribution in [0.5, 0.6) is 0 Å². The minimum Gasteiger partial charge on any atom is -0.444 e. The molecular weight excluding hydrogens is 290 g/mol. The first-order valence-electron chi connectivity index (χ1n) is 7.63. The van der Waals surface area contributed by atoms with E-state index >= 15 is 0 Å². The van der Waals surface area contributed by atoms with E-state index in [9.17, 15) is 25.2 Å². The van der Waals surface area contributed by atoms with Gasteiger partial charge in [0, 0.05) is 25.1 Å². The van der Waals surface area contributed by atoms with Crippen molar-refractivity contribution in [3.63, 3.8) is 0 Å². The molecule has 1 aliphatic heterocycles. The summed E-state index contributed by atoms with van der Waals surface area (Å²) >= 11 is 0. The Hall–Kier alpha value is -0.890. The number of ether oxygens (including phenoxy) is 1. The molecule has 0 bridgehead atoms. The molecule has 1 heterocycles. The van der Waals surface area contributed by atoms with Gasteiger partial charge in [-0.05, 0) is 47.0 Å². The van der Waals surface area contributed by atoms with Gasteiger partial charge in [0.25, 0.3) is 0 Å². The van der Waals surface area contributed by atoms with Gasteiger partial charge in [0.1, 0.15) is 11.7 Å². The number of likely N-dealkylation sites (tertiary alicyclic amines) is 1. The van der Waals surface area contributed by atoms with Crippen LogP contribution in [0.1, 0.15) is 47.0 Å². The summed E-state index contributed by atoms with van der Waals surface area (Å²) in [6.07, 6.45) is -0.842. The molecule has 4 N–H and O–H groups in total. The summed E-state index contributed by atoms with van der Waals surface area (Å²) in [4.78, 5) is 13.6. The molecule has 0 aromatic heterocycles. The Kier molecular flexibility index (Phi) is 5.83. The summed E-state index contributed by atoms with van der Waals surface area (Å²) in [6, 6.07) is 0. The molecule has 1 amide bonds. The van der Waals surface area contributed by atoms with Crippen molar-refractivity contribution in [1.29, 1.82) is 0 Å². The van der Waals surface area contributed by atoms with E-state index in [2.05, 4.69) is 0 Å². The standard InChI is InChI=1S/C15H29NO6/c1-13(2,3)22-12(19)16-8-5-15(6-9-16,7-10-17)11(18)14(4,20)21/h11,17-18,20-21H,5-10H2,1-4H3. The van der Waals surface area contributed by atoms with Crippen LogP contribution in [0.3, 0.4) is 0 Å². The Morgan fingerprint density at radius 1 is 1.23 bits per heavy atom. The molecule has 0 aromatic carbocycles.